The molecule has 0 saturated carbocycles. The number of furan rings is 1. The first-order valence-electron chi connectivity index (χ1n) is 10.2. The van der Waals surface area contributed by atoms with E-state index in [0.29, 0.717) is 6.54 Å². The van der Waals surface area contributed by atoms with Crippen LogP contribution in [0.25, 0.3) is 11.1 Å². The van der Waals surface area contributed by atoms with Crippen LogP contribution in [0.1, 0.15) is 35.4 Å². The lowest BCUT2D eigenvalue weighted by molar-refractivity contribution is 0.102. The number of hydrogen-bond donors (Lipinski definition) is 2. The number of rotatable bonds is 7. The number of nitrogens with zero attached hydrogens (tertiary/aromatic N) is 4. The van der Waals surface area contributed by atoms with Gasteiger partial charge in [0, 0.05) is 6.54 Å². The van der Waals surface area contributed by atoms with Crippen molar-refractivity contribution in [3.63, 3.8) is 0 Å². The number of likely N-dealkylation sites (tertiary alicyclic amines) is 1. The van der Waals surface area contributed by atoms with Crippen LogP contribution in [0.15, 0.2) is 38.9 Å². The average molecular weight is 461 g/mol. The summed E-state index contributed by atoms with van der Waals surface area (Å²) < 4.78 is 29.7. The fraction of sp³-hybridized carbons (Fsp3) is 0.400. The highest BCUT2D eigenvalue weighted by atomic mass is 32.2. The van der Waals surface area contributed by atoms with Crippen LogP contribution >= 0.6 is 0 Å². The van der Waals surface area contributed by atoms with Gasteiger partial charge in [-0.2, -0.15) is 0 Å². The van der Waals surface area contributed by atoms with E-state index < -0.39 is 15.9 Å². The minimum Gasteiger partial charge on any atom is -0.442 e. The number of nitrogens with one attached hydrogen (secondary N) is 1. The van der Waals surface area contributed by atoms with Crippen LogP contribution < -0.4 is 16.0 Å². The highest BCUT2D eigenvalue weighted by Crippen LogP contribution is 2.22. The summed E-state index contributed by atoms with van der Waals surface area (Å²) in [7, 11) is -3.94. The molecule has 0 aliphatic carbocycles. The molecule has 1 aliphatic heterocycles. The van der Waals surface area contributed by atoms with E-state index in [2.05, 4.69) is 20.2 Å². The molecule has 11 nitrogen and oxygen atoms in total. The molecule has 1 fully saturated rings. The van der Waals surface area contributed by atoms with Crippen LogP contribution in [0.5, 0.6) is 0 Å². The van der Waals surface area contributed by atoms with Crippen molar-refractivity contribution in [1.29, 1.82) is 0 Å². The molecule has 4 rings (SSSR count). The number of carbonyl (C=O) groups is 1. The average Bonchev–Trinajstić information content (AvgIpc) is 3.37. The van der Waals surface area contributed by atoms with Crippen LogP contribution in [0.4, 0.5) is 5.69 Å². The fourth-order valence-corrected chi connectivity index (χ4v) is 4.31. The van der Waals surface area contributed by atoms with E-state index in [1.165, 1.54) is 42.1 Å². The molecule has 0 spiro atoms. The Hall–Kier alpha value is -3.09. The maximum Gasteiger partial charge on any atom is 0.265 e. The summed E-state index contributed by atoms with van der Waals surface area (Å²) in [4.78, 5) is 36.3. The molecule has 0 radical (unpaired) electrons. The molecule has 4 heterocycles. The second-order valence-electron chi connectivity index (χ2n) is 7.74. The number of sulfonamides is 1. The van der Waals surface area contributed by atoms with Gasteiger partial charge in [0.05, 0.1) is 17.4 Å². The summed E-state index contributed by atoms with van der Waals surface area (Å²) in [6.07, 6.45) is 5.83. The van der Waals surface area contributed by atoms with Gasteiger partial charge in [-0.1, -0.05) is 0 Å². The number of amides is 1. The van der Waals surface area contributed by atoms with E-state index in [9.17, 15) is 18.0 Å². The van der Waals surface area contributed by atoms with Crippen LogP contribution in [0.3, 0.4) is 0 Å². The van der Waals surface area contributed by atoms with E-state index in [-0.39, 0.29) is 38.7 Å². The normalized spacial score (nSPS) is 14.8. The van der Waals surface area contributed by atoms with Crippen molar-refractivity contribution in [2.45, 2.75) is 37.8 Å². The Balaban J connectivity index is 1.56. The second-order valence-corrected chi connectivity index (χ2v) is 9.25. The third-order valence-electron chi connectivity index (χ3n) is 5.44. The molecule has 0 unspecified atom stereocenters. The van der Waals surface area contributed by atoms with Gasteiger partial charge in [0.25, 0.3) is 21.5 Å². The SMILES string of the molecule is Cc1oc2ncn(CCCN3CCCC3)c(=O)c2c1C(=O)Nc1ccc(S(N)(=O)=O)nc1. The Morgan fingerprint density at radius 2 is 1.97 bits per heavy atom. The molecule has 1 aliphatic rings. The van der Waals surface area contributed by atoms with E-state index >= 15 is 0 Å². The Bertz CT molecular complexity index is 1310. The number of aryl methyl sites for hydroxylation is 2. The molecule has 3 aromatic heterocycles. The molecular formula is C20H24N6O5S. The van der Waals surface area contributed by atoms with E-state index in [0.717, 1.165) is 26.1 Å². The lowest BCUT2D eigenvalue weighted by atomic mass is 10.1. The number of fused-ring (bicyclic) bond motifs is 1. The van der Waals surface area contributed by atoms with Gasteiger partial charge in [0.1, 0.15) is 17.5 Å². The summed E-state index contributed by atoms with van der Waals surface area (Å²) in [5.74, 6) is -0.328. The van der Waals surface area contributed by atoms with Gasteiger partial charge < -0.3 is 14.6 Å². The number of nitrogens with two attached hydrogens (primary N) is 1. The number of primary sulfonamides is 1. The van der Waals surface area contributed by atoms with Crippen LogP contribution in [0.2, 0.25) is 0 Å². The molecule has 0 atom stereocenters. The molecule has 0 bridgehead atoms. The van der Waals surface area contributed by atoms with Crippen LogP contribution in [-0.4, -0.2) is 53.4 Å². The Morgan fingerprint density at radius 1 is 1.22 bits per heavy atom. The summed E-state index contributed by atoms with van der Waals surface area (Å²) >= 11 is 0. The number of aromatic nitrogens is 3. The number of hydrogen-bond acceptors (Lipinski definition) is 8. The highest BCUT2D eigenvalue weighted by Gasteiger charge is 2.23. The van der Waals surface area contributed by atoms with Crippen LogP contribution in [0, 0.1) is 6.92 Å². The lowest BCUT2D eigenvalue weighted by Gasteiger charge is -2.14. The molecule has 170 valence electrons. The molecule has 3 aromatic rings. The molecule has 1 saturated heterocycles. The van der Waals surface area contributed by atoms with E-state index in [1.54, 1.807) is 6.92 Å². The predicted octanol–water partition coefficient (Wildman–Crippen LogP) is 1.08. The zero-order chi connectivity index (χ0) is 22.9. The number of carbonyl (C=O) groups excluding carboxylic acids is 1. The highest BCUT2D eigenvalue weighted by molar-refractivity contribution is 7.89. The van der Waals surface area contributed by atoms with Crippen molar-refractivity contribution < 1.29 is 17.6 Å². The quantitative estimate of drug-likeness (QED) is 0.531. The van der Waals surface area contributed by atoms with Gasteiger partial charge in [-0.3, -0.25) is 14.2 Å². The van der Waals surface area contributed by atoms with Crippen molar-refractivity contribution in [3.05, 3.63) is 46.3 Å². The van der Waals surface area contributed by atoms with Crippen molar-refractivity contribution in [3.8, 4) is 0 Å². The van der Waals surface area contributed by atoms with Gasteiger partial charge in [-0.05, 0) is 58.0 Å². The summed E-state index contributed by atoms with van der Waals surface area (Å²) in [5, 5.41) is 7.43. The molecule has 1 amide bonds. The summed E-state index contributed by atoms with van der Waals surface area (Å²) in [6, 6.07) is 2.54. The summed E-state index contributed by atoms with van der Waals surface area (Å²) in [6.45, 7) is 5.15. The number of pyridine rings is 1. The third-order valence-corrected chi connectivity index (χ3v) is 6.26. The Kier molecular flexibility index (Phi) is 6.09. The van der Waals surface area contributed by atoms with E-state index in [4.69, 9.17) is 9.56 Å². The van der Waals surface area contributed by atoms with Crippen molar-refractivity contribution in [1.82, 2.24) is 19.4 Å². The monoisotopic (exact) mass is 460 g/mol. The summed E-state index contributed by atoms with van der Waals surface area (Å²) in [5.41, 5.74) is 0.0742. The van der Waals surface area contributed by atoms with Crippen LogP contribution in [-0.2, 0) is 16.6 Å². The standard InChI is InChI=1S/C20H24N6O5S/c1-13-16(18(27)24-14-5-6-15(22-11-14)32(21,29)30)17-19(31-13)23-12-26(20(17)28)10-4-9-25-7-2-3-8-25/h5-6,11-12H,2-4,7-10H2,1H3,(H,24,27)(H2,21,29,30). The van der Waals surface area contributed by atoms with Gasteiger partial charge >= 0.3 is 0 Å². The van der Waals surface area contributed by atoms with Crippen molar-refractivity contribution in [2.24, 2.45) is 5.14 Å². The van der Waals surface area contributed by atoms with Gasteiger partial charge in [0.2, 0.25) is 5.71 Å². The minimum atomic E-state index is -3.94. The zero-order valence-corrected chi connectivity index (χ0v) is 18.4. The van der Waals surface area contributed by atoms with Gasteiger partial charge in [0.15, 0.2) is 5.03 Å². The second kappa shape index (κ2) is 8.81. The number of anilines is 1. The first-order valence-corrected chi connectivity index (χ1v) is 11.8. The smallest absolute Gasteiger partial charge is 0.265 e. The fourth-order valence-electron chi connectivity index (χ4n) is 3.86. The first-order chi connectivity index (χ1) is 15.2. The third kappa shape index (κ3) is 4.56. The van der Waals surface area contributed by atoms with Crippen molar-refractivity contribution >= 4 is 32.7 Å². The molecule has 0 aromatic carbocycles. The van der Waals surface area contributed by atoms with Crippen molar-refractivity contribution in [2.75, 3.05) is 25.0 Å². The molecule has 12 heteroatoms. The van der Waals surface area contributed by atoms with Gasteiger partial charge in [-0.25, -0.2) is 23.5 Å². The Labute approximate surface area is 184 Å². The molecule has 32 heavy (non-hydrogen) atoms. The Morgan fingerprint density at radius 3 is 2.62 bits per heavy atom. The van der Waals surface area contributed by atoms with Gasteiger partial charge in [-0.15, -0.1) is 0 Å². The van der Waals surface area contributed by atoms with E-state index in [1.807, 2.05) is 0 Å². The maximum absolute atomic E-state index is 13.1. The molecular weight excluding hydrogens is 436 g/mol. The minimum absolute atomic E-state index is 0.0851. The predicted molar refractivity (Wildman–Crippen MR) is 117 cm³/mol. The first kappa shape index (κ1) is 22.1. The lowest BCUT2D eigenvalue weighted by Crippen LogP contribution is -2.26. The maximum atomic E-state index is 13.1. The topological polar surface area (TPSA) is 153 Å². The molecule has 3 N–H and O–H groups in total. The zero-order valence-electron chi connectivity index (χ0n) is 17.6. The largest absolute Gasteiger partial charge is 0.442 e.